The summed E-state index contributed by atoms with van der Waals surface area (Å²) >= 11 is 0. The van der Waals surface area contributed by atoms with E-state index in [0.29, 0.717) is 0 Å². The van der Waals surface area contributed by atoms with Crippen molar-refractivity contribution in [1.29, 1.82) is 0 Å². The summed E-state index contributed by atoms with van der Waals surface area (Å²) in [5, 5.41) is 8.86. The van der Waals surface area contributed by atoms with Gasteiger partial charge in [0.25, 0.3) is 0 Å². The first kappa shape index (κ1) is 14.0. The van der Waals surface area contributed by atoms with Crippen LogP contribution >= 0.6 is 0 Å². The molecule has 0 heterocycles. The number of rotatable bonds is 8. The minimum Gasteiger partial charge on any atom is -0.494 e. The largest absolute Gasteiger partial charge is 0.494 e. The lowest BCUT2D eigenvalue weighted by Gasteiger charge is -2.18. The highest BCUT2D eigenvalue weighted by atomic mass is 16.5. The van der Waals surface area contributed by atoms with Crippen LogP contribution in [0.1, 0.15) is 18.9 Å². The van der Waals surface area contributed by atoms with Gasteiger partial charge in [-0.3, -0.25) is 0 Å². The van der Waals surface area contributed by atoms with Gasteiger partial charge >= 0.3 is 0 Å². The molecule has 0 saturated carbocycles. The number of likely N-dealkylation sites (N-methyl/N-ethyl adjacent to an activating group) is 1. The second kappa shape index (κ2) is 8.09. The zero-order valence-corrected chi connectivity index (χ0v) is 10.9. The lowest BCUT2D eigenvalue weighted by molar-refractivity contribution is 0.189. The van der Waals surface area contributed by atoms with Crippen molar-refractivity contribution < 1.29 is 9.84 Å². The number of aliphatic hydroxyl groups is 1. The molecule has 17 heavy (non-hydrogen) atoms. The van der Waals surface area contributed by atoms with Gasteiger partial charge in [0.05, 0.1) is 13.2 Å². The fourth-order valence-corrected chi connectivity index (χ4v) is 1.75. The quantitative estimate of drug-likeness (QED) is 0.703. The summed E-state index contributed by atoms with van der Waals surface area (Å²) in [4.78, 5) is 2.22. The van der Waals surface area contributed by atoms with Crippen molar-refractivity contribution in [1.82, 2.24) is 4.90 Å². The molecule has 0 spiro atoms. The highest BCUT2D eigenvalue weighted by Crippen LogP contribution is 2.12. The second-order valence-electron chi connectivity index (χ2n) is 4.18. The van der Waals surface area contributed by atoms with Crippen molar-refractivity contribution in [2.75, 3.05) is 32.8 Å². The Morgan fingerprint density at radius 3 is 2.76 bits per heavy atom. The van der Waals surface area contributed by atoms with E-state index < -0.39 is 0 Å². The van der Waals surface area contributed by atoms with E-state index in [4.69, 9.17) is 9.84 Å². The zero-order valence-electron chi connectivity index (χ0n) is 10.9. The Bertz CT molecular complexity index is 315. The molecule has 96 valence electrons. The van der Waals surface area contributed by atoms with Gasteiger partial charge in [-0.15, -0.1) is 0 Å². The molecule has 0 aromatic heterocycles. The minimum atomic E-state index is 0.229. The van der Waals surface area contributed by atoms with Gasteiger partial charge in [0.1, 0.15) is 5.75 Å². The summed E-state index contributed by atoms with van der Waals surface area (Å²) in [6, 6.07) is 8.10. The van der Waals surface area contributed by atoms with Crippen LogP contribution in [0.4, 0.5) is 0 Å². The number of ether oxygens (including phenoxy) is 1. The highest BCUT2D eigenvalue weighted by Gasteiger charge is 2.01. The summed E-state index contributed by atoms with van der Waals surface area (Å²) in [6.45, 7) is 7.83. The predicted molar refractivity (Wildman–Crippen MR) is 70.5 cm³/mol. The standard InChI is InChI=1S/C14H23NO2/c1-3-15(9-10-16)8-5-11-17-14-7-4-6-13(2)12-14/h4,6-7,12,16H,3,5,8-11H2,1-2H3. The fraction of sp³-hybridized carbons (Fsp3) is 0.571. The first-order valence-corrected chi connectivity index (χ1v) is 6.29. The third kappa shape index (κ3) is 5.71. The molecule has 3 nitrogen and oxygen atoms in total. The molecule has 1 rings (SSSR count). The molecule has 0 amide bonds. The molecule has 3 heteroatoms. The predicted octanol–water partition coefficient (Wildman–Crippen LogP) is 2.08. The molecule has 0 aliphatic rings. The van der Waals surface area contributed by atoms with Crippen LogP contribution in [-0.4, -0.2) is 42.9 Å². The molecule has 0 aliphatic carbocycles. The van der Waals surface area contributed by atoms with E-state index in [-0.39, 0.29) is 6.61 Å². The van der Waals surface area contributed by atoms with Gasteiger partial charge in [-0.2, -0.15) is 0 Å². The zero-order chi connectivity index (χ0) is 12.5. The van der Waals surface area contributed by atoms with E-state index in [9.17, 15) is 0 Å². The Kier molecular flexibility index (Phi) is 6.67. The molecular weight excluding hydrogens is 214 g/mol. The molecule has 1 aromatic rings. The Morgan fingerprint density at radius 2 is 2.12 bits per heavy atom. The SMILES string of the molecule is CCN(CCO)CCCOc1cccc(C)c1. The molecule has 0 unspecified atom stereocenters. The van der Waals surface area contributed by atoms with Crippen molar-refractivity contribution in [3.8, 4) is 5.75 Å². The molecule has 0 saturated heterocycles. The Hall–Kier alpha value is -1.06. The summed E-state index contributed by atoms with van der Waals surface area (Å²) in [5.41, 5.74) is 1.22. The summed E-state index contributed by atoms with van der Waals surface area (Å²) < 4.78 is 5.67. The average molecular weight is 237 g/mol. The van der Waals surface area contributed by atoms with Gasteiger partial charge < -0.3 is 14.7 Å². The van der Waals surface area contributed by atoms with E-state index in [1.807, 2.05) is 18.2 Å². The minimum absolute atomic E-state index is 0.229. The van der Waals surface area contributed by atoms with E-state index in [0.717, 1.165) is 38.4 Å². The molecule has 1 aromatic carbocycles. The van der Waals surface area contributed by atoms with Gasteiger partial charge in [-0.1, -0.05) is 19.1 Å². The topological polar surface area (TPSA) is 32.7 Å². The maximum atomic E-state index is 8.86. The molecule has 1 N–H and O–H groups in total. The summed E-state index contributed by atoms with van der Waals surface area (Å²) in [5.74, 6) is 0.940. The summed E-state index contributed by atoms with van der Waals surface area (Å²) in [7, 11) is 0. The Morgan fingerprint density at radius 1 is 1.29 bits per heavy atom. The van der Waals surface area contributed by atoms with Gasteiger partial charge in [0.2, 0.25) is 0 Å². The number of nitrogens with zero attached hydrogens (tertiary/aromatic N) is 1. The normalized spacial score (nSPS) is 10.8. The lowest BCUT2D eigenvalue weighted by Crippen LogP contribution is -2.28. The smallest absolute Gasteiger partial charge is 0.119 e. The van der Waals surface area contributed by atoms with Crippen molar-refractivity contribution in [2.24, 2.45) is 0 Å². The third-order valence-corrected chi connectivity index (χ3v) is 2.74. The van der Waals surface area contributed by atoms with E-state index in [2.05, 4.69) is 24.8 Å². The third-order valence-electron chi connectivity index (χ3n) is 2.74. The molecule has 0 radical (unpaired) electrons. The van der Waals surface area contributed by atoms with Crippen molar-refractivity contribution >= 4 is 0 Å². The van der Waals surface area contributed by atoms with Crippen LogP contribution in [-0.2, 0) is 0 Å². The summed E-state index contributed by atoms with van der Waals surface area (Å²) in [6.07, 6.45) is 0.988. The molecule has 0 aliphatic heterocycles. The number of aryl methyl sites for hydroxylation is 1. The van der Waals surface area contributed by atoms with Crippen LogP contribution in [0, 0.1) is 6.92 Å². The monoisotopic (exact) mass is 237 g/mol. The van der Waals surface area contributed by atoms with Crippen LogP contribution in [0.2, 0.25) is 0 Å². The van der Waals surface area contributed by atoms with Crippen molar-refractivity contribution in [2.45, 2.75) is 20.3 Å². The molecule has 0 bridgehead atoms. The maximum Gasteiger partial charge on any atom is 0.119 e. The lowest BCUT2D eigenvalue weighted by atomic mass is 10.2. The molecule has 0 atom stereocenters. The van der Waals surface area contributed by atoms with E-state index in [1.54, 1.807) is 0 Å². The van der Waals surface area contributed by atoms with Crippen LogP contribution in [0.15, 0.2) is 24.3 Å². The van der Waals surface area contributed by atoms with E-state index in [1.165, 1.54) is 5.56 Å². The molecule has 0 fully saturated rings. The van der Waals surface area contributed by atoms with Gasteiger partial charge in [0.15, 0.2) is 0 Å². The van der Waals surface area contributed by atoms with Gasteiger partial charge in [0, 0.05) is 13.1 Å². The molecular formula is C14H23NO2. The average Bonchev–Trinajstić information content (AvgIpc) is 2.33. The highest BCUT2D eigenvalue weighted by molar-refractivity contribution is 5.27. The Balaban J connectivity index is 2.19. The number of benzene rings is 1. The number of aliphatic hydroxyl groups excluding tert-OH is 1. The number of hydrogen-bond acceptors (Lipinski definition) is 3. The van der Waals surface area contributed by atoms with Crippen LogP contribution in [0.5, 0.6) is 5.75 Å². The van der Waals surface area contributed by atoms with Crippen LogP contribution in [0.25, 0.3) is 0 Å². The van der Waals surface area contributed by atoms with Crippen molar-refractivity contribution in [3.63, 3.8) is 0 Å². The number of hydrogen-bond donors (Lipinski definition) is 1. The van der Waals surface area contributed by atoms with Gasteiger partial charge in [-0.25, -0.2) is 0 Å². The van der Waals surface area contributed by atoms with E-state index >= 15 is 0 Å². The van der Waals surface area contributed by atoms with Crippen molar-refractivity contribution in [3.05, 3.63) is 29.8 Å². The second-order valence-corrected chi connectivity index (χ2v) is 4.18. The Labute approximate surface area is 104 Å². The maximum absolute atomic E-state index is 8.86. The first-order chi connectivity index (χ1) is 8.26. The van der Waals surface area contributed by atoms with Crippen LogP contribution in [0.3, 0.4) is 0 Å². The fourth-order valence-electron chi connectivity index (χ4n) is 1.75. The van der Waals surface area contributed by atoms with Gasteiger partial charge in [-0.05, 0) is 37.6 Å². The first-order valence-electron chi connectivity index (χ1n) is 6.29. The van der Waals surface area contributed by atoms with Crippen LogP contribution < -0.4 is 4.74 Å².